The van der Waals surface area contributed by atoms with Gasteiger partial charge < -0.3 is 10.2 Å². The van der Waals surface area contributed by atoms with Gasteiger partial charge in [0, 0.05) is 23.5 Å². The number of nitrogens with zero attached hydrogens (tertiary/aromatic N) is 1. The lowest BCUT2D eigenvalue weighted by Gasteiger charge is -2.32. The van der Waals surface area contributed by atoms with Crippen molar-refractivity contribution < 1.29 is 4.79 Å². The summed E-state index contributed by atoms with van der Waals surface area (Å²) in [4.78, 5) is 14.7. The molecular weight excluding hydrogens is 272 g/mol. The predicted octanol–water partition coefficient (Wildman–Crippen LogP) is 3.25. The van der Waals surface area contributed by atoms with Crippen LogP contribution in [0.2, 0.25) is 5.02 Å². The molecule has 0 spiro atoms. The molecule has 1 N–H and O–H groups in total. The van der Waals surface area contributed by atoms with E-state index in [1.165, 1.54) is 0 Å². The molecule has 2 rings (SSSR count). The van der Waals surface area contributed by atoms with E-state index >= 15 is 0 Å². The highest BCUT2D eigenvalue weighted by molar-refractivity contribution is 6.30. The molecule has 0 aliphatic heterocycles. The van der Waals surface area contributed by atoms with E-state index in [0.717, 1.165) is 30.0 Å². The average Bonchev–Trinajstić information content (AvgIpc) is 3.24. The Labute approximate surface area is 126 Å². The van der Waals surface area contributed by atoms with Gasteiger partial charge in [-0.25, -0.2) is 0 Å². The van der Waals surface area contributed by atoms with Gasteiger partial charge in [0.25, 0.3) is 0 Å². The molecule has 20 heavy (non-hydrogen) atoms. The van der Waals surface area contributed by atoms with Gasteiger partial charge in [-0.3, -0.25) is 4.79 Å². The van der Waals surface area contributed by atoms with E-state index in [2.05, 4.69) is 17.1 Å². The van der Waals surface area contributed by atoms with Crippen molar-refractivity contribution in [3.8, 4) is 0 Å². The summed E-state index contributed by atoms with van der Waals surface area (Å²) in [6.07, 6.45) is 2.24. The van der Waals surface area contributed by atoms with E-state index in [9.17, 15) is 4.79 Å². The van der Waals surface area contributed by atoms with Crippen molar-refractivity contribution in [2.24, 2.45) is 5.92 Å². The standard InChI is InChI=1S/C16H23ClN2O/c1-11(10-18-3)16(20)19(15-8-9-15)12(2)13-4-6-14(17)7-5-13/h4-7,11-12,15,18H,8-10H2,1-3H3. The van der Waals surface area contributed by atoms with Crippen LogP contribution in [0.5, 0.6) is 0 Å². The van der Waals surface area contributed by atoms with Crippen molar-refractivity contribution in [2.75, 3.05) is 13.6 Å². The molecule has 1 aromatic carbocycles. The summed E-state index contributed by atoms with van der Waals surface area (Å²) in [5, 5.41) is 3.81. The molecule has 3 nitrogen and oxygen atoms in total. The topological polar surface area (TPSA) is 32.3 Å². The SMILES string of the molecule is CNCC(C)C(=O)N(C1CC1)C(C)c1ccc(Cl)cc1. The number of carbonyl (C=O) groups is 1. The number of amides is 1. The molecule has 110 valence electrons. The van der Waals surface area contributed by atoms with Crippen LogP contribution in [0.15, 0.2) is 24.3 Å². The minimum Gasteiger partial charge on any atom is -0.333 e. The largest absolute Gasteiger partial charge is 0.333 e. The van der Waals surface area contributed by atoms with Crippen molar-refractivity contribution in [1.29, 1.82) is 0 Å². The van der Waals surface area contributed by atoms with Crippen LogP contribution in [0.1, 0.15) is 38.3 Å². The number of hydrogen-bond acceptors (Lipinski definition) is 2. The van der Waals surface area contributed by atoms with Crippen LogP contribution in [0.25, 0.3) is 0 Å². The zero-order valence-corrected chi connectivity index (χ0v) is 13.2. The van der Waals surface area contributed by atoms with Crippen LogP contribution >= 0.6 is 11.6 Å². The minimum absolute atomic E-state index is 0.00958. The highest BCUT2D eigenvalue weighted by Gasteiger charge is 2.37. The number of carbonyl (C=O) groups excluding carboxylic acids is 1. The molecule has 1 aromatic rings. The van der Waals surface area contributed by atoms with Crippen LogP contribution in [-0.4, -0.2) is 30.4 Å². The average molecular weight is 295 g/mol. The summed E-state index contributed by atoms with van der Waals surface area (Å²) in [7, 11) is 1.88. The van der Waals surface area contributed by atoms with Gasteiger partial charge in [-0.05, 0) is 44.5 Å². The zero-order valence-electron chi connectivity index (χ0n) is 12.4. The smallest absolute Gasteiger partial charge is 0.227 e. The minimum atomic E-state index is 0.00958. The van der Waals surface area contributed by atoms with Crippen LogP contribution in [0.3, 0.4) is 0 Å². The molecule has 1 aliphatic rings. The zero-order chi connectivity index (χ0) is 14.7. The molecule has 2 atom stereocenters. The number of benzene rings is 1. The normalized spacial score (nSPS) is 17.6. The Morgan fingerprint density at radius 1 is 1.35 bits per heavy atom. The van der Waals surface area contributed by atoms with Gasteiger partial charge in [-0.15, -0.1) is 0 Å². The van der Waals surface area contributed by atoms with Crippen LogP contribution in [0, 0.1) is 5.92 Å². The Hall–Kier alpha value is -1.06. The second kappa shape index (κ2) is 6.59. The Morgan fingerprint density at radius 2 is 1.95 bits per heavy atom. The second-order valence-electron chi connectivity index (χ2n) is 5.66. The first-order chi connectivity index (χ1) is 9.54. The van der Waals surface area contributed by atoms with Gasteiger partial charge >= 0.3 is 0 Å². The molecule has 2 unspecified atom stereocenters. The monoisotopic (exact) mass is 294 g/mol. The lowest BCUT2D eigenvalue weighted by atomic mass is 10.0. The maximum Gasteiger partial charge on any atom is 0.227 e. The molecule has 0 aromatic heterocycles. The first-order valence-electron chi connectivity index (χ1n) is 7.26. The fraction of sp³-hybridized carbons (Fsp3) is 0.562. The Morgan fingerprint density at radius 3 is 2.45 bits per heavy atom. The fourth-order valence-corrected chi connectivity index (χ4v) is 2.72. The number of halogens is 1. The van der Waals surface area contributed by atoms with E-state index in [1.54, 1.807) is 0 Å². The molecule has 1 aliphatic carbocycles. The van der Waals surface area contributed by atoms with Crippen molar-refractivity contribution in [1.82, 2.24) is 10.2 Å². The Bertz CT molecular complexity index is 456. The predicted molar refractivity (Wildman–Crippen MR) is 82.8 cm³/mol. The summed E-state index contributed by atoms with van der Waals surface area (Å²) in [6.45, 7) is 4.81. The van der Waals surface area contributed by atoms with Gasteiger partial charge in [-0.2, -0.15) is 0 Å². The second-order valence-corrected chi connectivity index (χ2v) is 6.10. The van der Waals surface area contributed by atoms with Gasteiger partial charge in [0.2, 0.25) is 5.91 Å². The maximum atomic E-state index is 12.7. The van der Waals surface area contributed by atoms with Crippen molar-refractivity contribution in [3.05, 3.63) is 34.9 Å². The molecular formula is C16H23ClN2O. The number of nitrogens with one attached hydrogen (secondary N) is 1. The van der Waals surface area contributed by atoms with Gasteiger partial charge in [0.1, 0.15) is 0 Å². The Kier molecular flexibility index (Phi) is 5.06. The summed E-state index contributed by atoms with van der Waals surface area (Å²) in [6, 6.07) is 8.32. The van der Waals surface area contributed by atoms with Crippen molar-refractivity contribution in [2.45, 2.75) is 38.8 Å². The van der Waals surface area contributed by atoms with E-state index in [-0.39, 0.29) is 17.9 Å². The highest BCUT2D eigenvalue weighted by atomic mass is 35.5. The van der Waals surface area contributed by atoms with Gasteiger partial charge in [0.05, 0.1) is 6.04 Å². The van der Waals surface area contributed by atoms with Crippen LogP contribution in [-0.2, 0) is 4.79 Å². The number of hydrogen-bond donors (Lipinski definition) is 1. The summed E-state index contributed by atoms with van der Waals surface area (Å²) < 4.78 is 0. The molecule has 0 saturated heterocycles. The number of rotatable bonds is 6. The molecule has 0 radical (unpaired) electrons. The summed E-state index contributed by atoms with van der Waals surface area (Å²) >= 11 is 5.94. The third-order valence-electron chi connectivity index (χ3n) is 3.90. The molecule has 0 bridgehead atoms. The van der Waals surface area contributed by atoms with Crippen LogP contribution in [0.4, 0.5) is 0 Å². The molecule has 1 fully saturated rings. The highest BCUT2D eigenvalue weighted by Crippen LogP contribution is 2.35. The van der Waals surface area contributed by atoms with Crippen molar-refractivity contribution in [3.63, 3.8) is 0 Å². The first-order valence-corrected chi connectivity index (χ1v) is 7.64. The fourth-order valence-electron chi connectivity index (χ4n) is 2.59. The third kappa shape index (κ3) is 3.53. The molecule has 1 amide bonds. The summed E-state index contributed by atoms with van der Waals surface area (Å²) in [5.74, 6) is 0.250. The van der Waals surface area contributed by atoms with E-state index in [4.69, 9.17) is 11.6 Å². The third-order valence-corrected chi connectivity index (χ3v) is 4.15. The molecule has 4 heteroatoms. The Balaban J connectivity index is 2.15. The van der Waals surface area contributed by atoms with Crippen LogP contribution < -0.4 is 5.32 Å². The van der Waals surface area contributed by atoms with Crippen molar-refractivity contribution >= 4 is 17.5 Å². The lowest BCUT2D eigenvalue weighted by molar-refractivity contribution is -0.137. The van der Waals surface area contributed by atoms with E-state index in [1.807, 2.05) is 38.2 Å². The quantitative estimate of drug-likeness (QED) is 0.873. The lowest BCUT2D eigenvalue weighted by Crippen LogP contribution is -2.41. The molecule has 0 heterocycles. The maximum absolute atomic E-state index is 12.7. The van der Waals surface area contributed by atoms with E-state index < -0.39 is 0 Å². The summed E-state index contributed by atoms with van der Waals surface area (Å²) in [5.41, 5.74) is 1.14. The van der Waals surface area contributed by atoms with Gasteiger partial charge in [0.15, 0.2) is 0 Å². The van der Waals surface area contributed by atoms with E-state index in [0.29, 0.717) is 6.04 Å². The first kappa shape index (κ1) is 15.3. The molecule has 1 saturated carbocycles. The van der Waals surface area contributed by atoms with Gasteiger partial charge in [-0.1, -0.05) is 30.7 Å².